The van der Waals surface area contributed by atoms with E-state index in [1.54, 1.807) is 32.9 Å². The molecule has 0 saturated heterocycles. The van der Waals surface area contributed by atoms with Crippen LogP contribution in [0.5, 0.6) is 0 Å². The maximum atomic E-state index is 12.6. The summed E-state index contributed by atoms with van der Waals surface area (Å²) in [4.78, 5) is 24.8. The minimum absolute atomic E-state index is 0.144. The third-order valence-electron chi connectivity index (χ3n) is 4.04. The van der Waals surface area contributed by atoms with Gasteiger partial charge in [0.1, 0.15) is 11.4 Å². The van der Waals surface area contributed by atoms with Crippen LogP contribution in [0, 0.1) is 3.57 Å². The van der Waals surface area contributed by atoms with Gasteiger partial charge in [-0.2, -0.15) is 5.10 Å². The summed E-state index contributed by atoms with van der Waals surface area (Å²) < 4.78 is 6.29. The predicted octanol–water partition coefficient (Wildman–Crippen LogP) is 5.18. The summed E-state index contributed by atoms with van der Waals surface area (Å²) in [6.45, 7) is 9.08. The van der Waals surface area contributed by atoms with Crippen molar-refractivity contribution < 1.29 is 19.4 Å². The van der Waals surface area contributed by atoms with Crippen molar-refractivity contribution in [1.82, 2.24) is 5.01 Å². The van der Waals surface area contributed by atoms with Gasteiger partial charge in [-0.15, -0.1) is 0 Å². The lowest BCUT2D eigenvalue weighted by molar-refractivity contribution is -0.115. The highest BCUT2D eigenvalue weighted by atomic mass is 127. The number of rotatable bonds is 3. The fourth-order valence-corrected chi connectivity index (χ4v) is 3.31. The molecule has 0 unspecified atom stereocenters. The van der Waals surface area contributed by atoms with Gasteiger partial charge in [0.15, 0.2) is 5.78 Å². The van der Waals surface area contributed by atoms with Crippen molar-refractivity contribution in [3.63, 3.8) is 0 Å². The fraction of sp³-hybridized carbons (Fsp3) is 0.381. The summed E-state index contributed by atoms with van der Waals surface area (Å²) >= 11 is 2.17. The van der Waals surface area contributed by atoms with Gasteiger partial charge in [-0.25, -0.2) is 9.80 Å². The summed E-state index contributed by atoms with van der Waals surface area (Å²) in [6.07, 6.45) is 2.41. The second-order valence-electron chi connectivity index (χ2n) is 7.49. The topological polar surface area (TPSA) is 79.2 Å². The average molecular weight is 496 g/mol. The summed E-state index contributed by atoms with van der Waals surface area (Å²) in [5, 5.41) is 16.3. The van der Waals surface area contributed by atoms with Crippen LogP contribution in [0.3, 0.4) is 0 Å². The molecule has 1 aromatic rings. The lowest BCUT2D eigenvalue weighted by atomic mass is 9.88. The minimum atomic E-state index is -0.658. The van der Waals surface area contributed by atoms with Gasteiger partial charge in [0, 0.05) is 22.6 Å². The van der Waals surface area contributed by atoms with Gasteiger partial charge in [-0.05, 0) is 80.0 Å². The number of aliphatic hydroxyl groups excluding tert-OH is 1. The number of hydrogen-bond acceptors (Lipinski definition) is 5. The Balaban J connectivity index is 2.49. The number of hydrogen-bond donors (Lipinski definition) is 1. The van der Waals surface area contributed by atoms with Crippen LogP contribution in [0.4, 0.5) is 4.79 Å². The molecule has 1 saturated carbocycles. The smallest absolute Gasteiger partial charge is 0.430 e. The second-order valence-corrected chi connectivity index (χ2v) is 8.73. The summed E-state index contributed by atoms with van der Waals surface area (Å²) in [6, 6.07) is 5.46. The van der Waals surface area contributed by atoms with E-state index in [2.05, 4.69) is 34.3 Å². The van der Waals surface area contributed by atoms with Crippen LogP contribution in [0.1, 0.15) is 51.2 Å². The van der Waals surface area contributed by atoms with Gasteiger partial charge in [0.05, 0.1) is 11.3 Å². The summed E-state index contributed by atoms with van der Waals surface area (Å²) in [5.41, 5.74) is 1.08. The first-order valence-corrected chi connectivity index (χ1v) is 10.0. The highest BCUT2D eigenvalue weighted by Crippen LogP contribution is 2.29. The Bertz CT molecular complexity index is 866. The largest absolute Gasteiger partial charge is 0.506 e. The predicted molar refractivity (Wildman–Crippen MR) is 119 cm³/mol. The molecule has 0 atom stereocenters. The molecule has 1 fully saturated rings. The number of carbonyl (C=O) groups excluding carboxylic acids is 2. The van der Waals surface area contributed by atoms with Crippen molar-refractivity contribution in [2.45, 2.75) is 45.6 Å². The van der Waals surface area contributed by atoms with Crippen molar-refractivity contribution in [3.05, 3.63) is 45.0 Å². The molecule has 2 rings (SSSR count). The van der Waals surface area contributed by atoms with E-state index in [0.29, 0.717) is 30.5 Å². The van der Waals surface area contributed by atoms with Crippen LogP contribution < -0.4 is 0 Å². The Labute approximate surface area is 179 Å². The molecule has 7 heteroatoms. The molecule has 6 nitrogen and oxygen atoms in total. The van der Waals surface area contributed by atoms with Crippen LogP contribution in [-0.2, 0) is 9.53 Å². The number of Topliss-reactive ketones (excluding diaryl/α,β-unsaturated/α-hetero) is 1. The van der Waals surface area contributed by atoms with Crippen molar-refractivity contribution in [2.24, 2.45) is 5.10 Å². The number of ether oxygens (including phenoxy) is 1. The Hall–Kier alpha value is -2.16. The van der Waals surface area contributed by atoms with Crippen LogP contribution in [-0.4, -0.2) is 40.4 Å². The molecule has 1 aliphatic carbocycles. The number of amides is 1. The van der Waals surface area contributed by atoms with Crippen LogP contribution in [0.2, 0.25) is 0 Å². The highest BCUT2D eigenvalue weighted by molar-refractivity contribution is 14.1. The maximum absolute atomic E-state index is 12.6. The zero-order chi connectivity index (χ0) is 21.1. The van der Waals surface area contributed by atoms with Gasteiger partial charge >= 0.3 is 6.09 Å². The Kier molecular flexibility index (Phi) is 7.03. The van der Waals surface area contributed by atoms with E-state index in [1.165, 1.54) is 7.05 Å². The third kappa shape index (κ3) is 5.43. The number of ketones is 1. The second kappa shape index (κ2) is 8.89. The first-order chi connectivity index (χ1) is 13.0. The molecule has 0 bridgehead atoms. The van der Waals surface area contributed by atoms with E-state index in [9.17, 15) is 14.7 Å². The molecule has 0 aliphatic heterocycles. The molecule has 28 heavy (non-hydrogen) atoms. The molecule has 0 aromatic heterocycles. The number of halogens is 1. The van der Waals surface area contributed by atoms with E-state index in [1.807, 2.05) is 12.1 Å². The monoisotopic (exact) mass is 496 g/mol. The Morgan fingerprint density at radius 1 is 1.36 bits per heavy atom. The van der Waals surface area contributed by atoms with Crippen molar-refractivity contribution in [3.8, 4) is 0 Å². The standard InChI is InChI=1S/C21H25IN2O4/c1-6-13-12-14(22)10-11-15(13)19(26)18-16(8-7-9-17(18)25)23-24(5)20(27)28-21(2,3)4/h6,10-12,26H,1,7-9H2,2-5H3. The van der Waals surface area contributed by atoms with E-state index in [-0.39, 0.29) is 17.1 Å². The zero-order valence-electron chi connectivity index (χ0n) is 16.6. The van der Waals surface area contributed by atoms with Crippen LogP contribution >= 0.6 is 22.6 Å². The number of hydrazone groups is 1. The normalized spacial score (nSPS) is 18.0. The third-order valence-corrected chi connectivity index (χ3v) is 4.71. The van der Waals surface area contributed by atoms with Crippen LogP contribution in [0.15, 0.2) is 35.5 Å². The van der Waals surface area contributed by atoms with E-state index in [4.69, 9.17) is 4.74 Å². The number of carbonyl (C=O) groups is 2. The molecule has 1 aliphatic rings. The fourth-order valence-electron chi connectivity index (χ4n) is 2.80. The molecule has 150 valence electrons. The molecule has 1 aromatic carbocycles. The lowest BCUT2D eigenvalue weighted by Gasteiger charge is -2.24. The Morgan fingerprint density at radius 3 is 2.64 bits per heavy atom. The highest BCUT2D eigenvalue weighted by Gasteiger charge is 2.28. The molecular formula is C21H25IN2O4. The first-order valence-electron chi connectivity index (χ1n) is 8.97. The summed E-state index contributed by atoms with van der Waals surface area (Å²) in [7, 11) is 1.47. The van der Waals surface area contributed by atoms with E-state index in [0.717, 1.165) is 14.1 Å². The number of nitrogens with zero attached hydrogens (tertiary/aromatic N) is 2. The Morgan fingerprint density at radius 2 is 2.04 bits per heavy atom. The van der Waals surface area contributed by atoms with Crippen molar-refractivity contribution >= 4 is 52.0 Å². The zero-order valence-corrected chi connectivity index (χ0v) is 18.7. The molecule has 0 heterocycles. The van der Waals surface area contributed by atoms with E-state index < -0.39 is 11.7 Å². The number of benzene rings is 1. The van der Waals surface area contributed by atoms with Crippen LogP contribution in [0.25, 0.3) is 11.8 Å². The maximum Gasteiger partial charge on any atom is 0.430 e. The number of aliphatic hydroxyl groups is 1. The van der Waals surface area contributed by atoms with Gasteiger partial charge in [0.2, 0.25) is 0 Å². The molecular weight excluding hydrogens is 471 g/mol. The minimum Gasteiger partial charge on any atom is -0.506 e. The van der Waals surface area contributed by atoms with Gasteiger partial charge in [-0.1, -0.05) is 12.7 Å². The lowest BCUT2D eigenvalue weighted by Crippen LogP contribution is -2.33. The molecule has 0 radical (unpaired) electrons. The van der Waals surface area contributed by atoms with Crippen molar-refractivity contribution in [1.29, 1.82) is 0 Å². The van der Waals surface area contributed by atoms with E-state index >= 15 is 0 Å². The first kappa shape index (κ1) is 22.1. The van der Waals surface area contributed by atoms with Gasteiger partial charge < -0.3 is 9.84 Å². The average Bonchev–Trinajstić information content (AvgIpc) is 2.59. The van der Waals surface area contributed by atoms with Gasteiger partial charge in [0.25, 0.3) is 0 Å². The SMILES string of the molecule is C=Cc1cc(I)ccc1C(O)=C1C(=O)CCCC1=NN(C)C(=O)OC(C)(C)C. The quantitative estimate of drug-likeness (QED) is 0.271. The van der Waals surface area contributed by atoms with Crippen molar-refractivity contribution in [2.75, 3.05) is 7.05 Å². The molecule has 1 amide bonds. The number of allylic oxidation sites excluding steroid dienone is 1. The molecule has 1 N–H and O–H groups in total. The molecule has 0 spiro atoms. The van der Waals surface area contributed by atoms with Gasteiger partial charge in [-0.3, -0.25) is 4.79 Å². The summed E-state index contributed by atoms with van der Waals surface area (Å²) in [5.74, 6) is -0.346.